The molecular weight excluding hydrogens is 320 g/mol. The van der Waals surface area contributed by atoms with Crippen LogP contribution in [0.4, 0.5) is 0 Å². The Labute approximate surface area is 126 Å². The molecule has 0 aliphatic carbocycles. The van der Waals surface area contributed by atoms with Gasteiger partial charge in [0.15, 0.2) is 0 Å². The van der Waals surface area contributed by atoms with Crippen LogP contribution in [0.3, 0.4) is 0 Å². The van der Waals surface area contributed by atoms with Crippen LogP contribution in [-0.2, 0) is 24.9 Å². The summed E-state index contributed by atoms with van der Waals surface area (Å²) in [6, 6.07) is 7.60. The standard InChI is InChI=1S/C15H17BrN2O2/c1-10(19)8-12-4-6-13(7-5-12)20-9-14-15(16)11(2)17-18(14)3/h4-7H,8-9H2,1-3H3. The molecule has 0 aliphatic rings. The molecule has 0 unspecified atom stereocenters. The van der Waals surface area contributed by atoms with Gasteiger partial charge in [-0.25, -0.2) is 0 Å². The largest absolute Gasteiger partial charge is 0.487 e. The summed E-state index contributed by atoms with van der Waals surface area (Å²) in [5.74, 6) is 0.941. The average Bonchev–Trinajstić information content (AvgIpc) is 2.62. The number of nitrogens with zero attached hydrogens (tertiary/aromatic N) is 2. The van der Waals surface area contributed by atoms with Crippen molar-refractivity contribution < 1.29 is 9.53 Å². The van der Waals surface area contributed by atoms with Crippen LogP contribution in [0.15, 0.2) is 28.7 Å². The molecule has 0 atom stereocenters. The quantitative estimate of drug-likeness (QED) is 0.842. The van der Waals surface area contributed by atoms with Gasteiger partial charge in [0.05, 0.1) is 15.9 Å². The van der Waals surface area contributed by atoms with Gasteiger partial charge in [-0.3, -0.25) is 9.48 Å². The second-order valence-corrected chi connectivity index (χ2v) is 5.57. The molecule has 0 amide bonds. The van der Waals surface area contributed by atoms with Crippen LogP contribution in [-0.4, -0.2) is 15.6 Å². The number of benzene rings is 1. The van der Waals surface area contributed by atoms with E-state index in [0.29, 0.717) is 13.0 Å². The van der Waals surface area contributed by atoms with Crippen molar-refractivity contribution in [3.63, 3.8) is 0 Å². The van der Waals surface area contributed by atoms with E-state index in [1.54, 1.807) is 6.92 Å². The third-order valence-electron chi connectivity index (χ3n) is 3.01. The molecule has 2 rings (SSSR count). The zero-order valence-electron chi connectivity index (χ0n) is 11.8. The number of aryl methyl sites for hydroxylation is 2. The van der Waals surface area contributed by atoms with Crippen molar-refractivity contribution in [3.8, 4) is 5.75 Å². The van der Waals surface area contributed by atoms with E-state index >= 15 is 0 Å². The van der Waals surface area contributed by atoms with E-state index in [0.717, 1.165) is 27.2 Å². The molecule has 5 heteroatoms. The Kier molecular flexibility index (Phi) is 4.60. The predicted octanol–water partition coefficient (Wildman–Crippen LogP) is 3.20. The van der Waals surface area contributed by atoms with Crippen LogP contribution in [0.2, 0.25) is 0 Å². The molecule has 0 bridgehead atoms. The van der Waals surface area contributed by atoms with Crippen LogP contribution in [0, 0.1) is 6.92 Å². The highest BCUT2D eigenvalue weighted by molar-refractivity contribution is 9.10. The molecule has 20 heavy (non-hydrogen) atoms. The van der Waals surface area contributed by atoms with E-state index in [-0.39, 0.29) is 5.78 Å². The molecule has 0 N–H and O–H groups in total. The molecule has 2 aromatic rings. The van der Waals surface area contributed by atoms with E-state index in [9.17, 15) is 4.79 Å². The van der Waals surface area contributed by atoms with Gasteiger partial charge >= 0.3 is 0 Å². The number of rotatable bonds is 5. The highest BCUT2D eigenvalue weighted by Crippen LogP contribution is 2.22. The van der Waals surface area contributed by atoms with Crippen molar-refractivity contribution >= 4 is 21.7 Å². The van der Waals surface area contributed by atoms with Gasteiger partial charge in [0.2, 0.25) is 0 Å². The summed E-state index contributed by atoms with van der Waals surface area (Å²) in [5, 5.41) is 4.32. The molecule has 0 saturated carbocycles. The van der Waals surface area contributed by atoms with Crippen molar-refractivity contribution in [1.82, 2.24) is 9.78 Å². The van der Waals surface area contributed by atoms with Gasteiger partial charge in [0.25, 0.3) is 0 Å². The van der Waals surface area contributed by atoms with Crippen LogP contribution in [0.1, 0.15) is 23.9 Å². The Bertz CT molecular complexity index is 618. The fourth-order valence-corrected chi connectivity index (χ4v) is 2.43. The zero-order chi connectivity index (χ0) is 14.7. The number of ether oxygens (including phenoxy) is 1. The molecule has 4 nitrogen and oxygen atoms in total. The number of carbonyl (C=O) groups excluding carboxylic acids is 1. The summed E-state index contributed by atoms with van der Waals surface area (Å²) in [7, 11) is 1.90. The summed E-state index contributed by atoms with van der Waals surface area (Å²) in [4.78, 5) is 11.0. The number of aromatic nitrogens is 2. The van der Waals surface area contributed by atoms with E-state index in [1.165, 1.54) is 0 Å². The van der Waals surface area contributed by atoms with E-state index in [4.69, 9.17) is 4.74 Å². The monoisotopic (exact) mass is 336 g/mol. The third-order valence-corrected chi connectivity index (χ3v) is 4.05. The molecule has 1 heterocycles. The lowest BCUT2D eigenvalue weighted by atomic mass is 10.1. The van der Waals surface area contributed by atoms with Gasteiger partial charge in [0, 0.05) is 13.5 Å². The molecule has 0 aliphatic heterocycles. The van der Waals surface area contributed by atoms with E-state index in [2.05, 4.69) is 21.0 Å². The highest BCUT2D eigenvalue weighted by Gasteiger charge is 2.11. The molecule has 1 aromatic heterocycles. The van der Waals surface area contributed by atoms with E-state index in [1.807, 2.05) is 42.9 Å². The smallest absolute Gasteiger partial charge is 0.134 e. The first kappa shape index (κ1) is 14.8. The zero-order valence-corrected chi connectivity index (χ0v) is 13.4. The number of ketones is 1. The second-order valence-electron chi connectivity index (χ2n) is 4.78. The van der Waals surface area contributed by atoms with Gasteiger partial charge < -0.3 is 4.74 Å². The van der Waals surface area contributed by atoms with Gasteiger partial charge in [0.1, 0.15) is 18.1 Å². The van der Waals surface area contributed by atoms with Gasteiger partial charge in [-0.05, 0) is 47.5 Å². The Morgan fingerprint density at radius 3 is 2.50 bits per heavy atom. The molecular formula is C15H17BrN2O2. The molecule has 0 spiro atoms. The minimum Gasteiger partial charge on any atom is -0.487 e. The van der Waals surface area contributed by atoms with Crippen molar-refractivity contribution in [2.24, 2.45) is 7.05 Å². The van der Waals surface area contributed by atoms with Crippen LogP contribution in [0.5, 0.6) is 5.75 Å². The summed E-state index contributed by atoms with van der Waals surface area (Å²) in [6.45, 7) is 3.99. The highest BCUT2D eigenvalue weighted by atomic mass is 79.9. The molecule has 1 aromatic carbocycles. The van der Waals surface area contributed by atoms with E-state index < -0.39 is 0 Å². The fraction of sp³-hybridized carbons (Fsp3) is 0.333. The van der Waals surface area contributed by atoms with Gasteiger partial charge in [-0.1, -0.05) is 12.1 Å². The SMILES string of the molecule is CC(=O)Cc1ccc(OCc2c(Br)c(C)nn2C)cc1. The first-order valence-corrected chi connectivity index (χ1v) is 7.16. The molecule has 0 fully saturated rings. The first-order chi connectivity index (χ1) is 9.47. The van der Waals surface area contributed by atoms with Crippen LogP contribution >= 0.6 is 15.9 Å². The van der Waals surface area contributed by atoms with Gasteiger partial charge in [-0.15, -0.1) is 0 Å². The lowest BCUT2D eigenvalue weighted by Crippen LogP contribution is -2.04. The molecule has 106 valence electrons. The third kappa shape index (κ3) is 3.48. The fourth-order valence-electron chi connectivity index (χ4n) is 1.98. The lowest BCUT2D eigenvalue weighted by molar-refractivity contribution is -0.116. The minimum absolute atomic E-state index is 0.160. The maximum absolute atomic E-state index is 11.0. The lowest BCUT2D eigenvalue weighted by Gasteiger charge is -2.08. The normalized spacial score (nSPS) is 10.6. The Balaban J connectivity index is 2.02. The maximum atomic E-state index is 11.0. The van der Waals surface area contributed by atoms with Crippen molar-refractivity contribution in [1.29, 1.82) is 0 Å². The summed E-state index contributed by atoms with van der Waals surface area (Å²) >= 11 is 3.51. The Hall–Kier alpha value is -1.62. The number of hydrogen-bond acceptors (Lipinski definition) is 3. The van der Waals surface area contributed by atoms with Crippen molar-refractivity contribution in [2.45, 2.75) is 26.9 Å². The summed E-state index contributed by atoms with van der Waals surface area (Å²) in [6.07, 6.45) is 0.465. The number of halogens is 1. The summed E-state index contributed by atoms with van der Waals surface area (Å²) < 4.78 is 8.54. The Morgan fingerprint density at radius 1 is 1.35 bits per heavy atom. The minimum atomic E-state index is 0.160. The topological polar surface area (TPSA) is 44.1 Å². The van der Waals surface area contributed by atoms with Crippen molar-refractivity contribution in [2.75, 3.05) is 0 Å². The van der Waals surface area contributed by atoms with Gasteiger partial charge in [-0.2, -0.15) is 5.10 Å². The first-order valence-electron chi connectivity index (χ1n) is 6.36. The van der Waals surface area contributed by atoms with Crippen LogP contribution < -0.4 is 4.74 Å². The maximum Gasteiger partial charge on any atom is 0.134 e. The Morgan fingerprint density at radius 2 is 2.00 bits per heavy atom. The summed E-state index contributed by atoms with van der Waals surface area (Å²) in [5.41, 5.74) is 2.95. The van der Waals surface area contributed by atoms with Crippen molar-refractivity contribution in [3.05, 3.63) is 45.7 Å². The predicted molar refractivity (Wildman–Crippen MR) is 80.8 cm³/mol. The molecule has 0 saturated heterocycles. The molecule has 0 radical (unpaired) electrons. The number of carbonyl (C=O) groups is 1. The second kappa shape index (κ2) is 6.22. The average molecular weight is 337 g/mol. The number of hydrogen-bond donors (Lipinski definition) is 0. The number of Topliss-reactive ketones (excluding diaryl/α,β-unsaturated/α-hetero) is 1. The van der Waals surface area contributed by atoms with Crippen LogP contribution in [0.25, 0.3) is 0 Å².